The second-order valence-electron chi connectivity index (χ2n) is 5.96. The maximum Gasteiger partial charge on any atom is 0.282 e. The Morgan fingerprint density at radius 1 is 1.04 bits per heavy atom. The average Bonchev–Trinajstić information content (AvgIpc) is 3.26. The van der Waals surface area contributed by atoms with Gasteiger partial charge in [0.25, 0.3) is 5.91 Å². The summed E-state index contributed by atoms with van der Waals surface area (Å²) in [6, 6.07) is 19.7. The Balaban J connectivity index is 1.82. The molecule has 5 heteroatoms. The zero-order chi connectivity index (χ0) is 18.1. The Kier molecular flexibility index (Phi) is 4.57. The van der Waals surface area contributed by atoms with Crippen LogP contribution in [0.5, 0.6) is 0 Å². The van der Waals surface area contributed by atoms with Crippen molar-refractivity contribution in [3.05, 3.63) is 92.2 Å². The van der Waals surface area contributed by atoms with Gasteiger partial charge >= 0.3 is 0 Å². The van der Waals surface area contributed by atoms with E-state index in [0.29, 0.717) is 11.5 Å². The highest BCUT2D eigenvalue weighted by Gasteiger charge is 2.32. The SMILES string of the molecule is Cc1ccc(N2C(=O)/C(=C\c3cccs3)N=C2c2ccc(Br)cc2)cc1. The Hall–Kier alpha value is -2.50. The number of aryl methyl sites for hydroxylation is 1. The summed E-state index contributed by atoms with van der Waals surface area (Å²) in [6.07, 6.45) is 1.85. The molecule has 1 aliphatic heterocycles. The summed E-state index contributed by atoms with van der Waals surface area (Å²) in [6.45, 7) is 2.03. The minimum atomic E-state index is -0.111. The first-order chi connectivity index (χ1) is 12.6. The van der Waals surface area contributed by atoms with Crippen LogP contribution < -0.4 is 4.90 Å². The number of halogens is 1. The first-order valence-electron chi connectivity index (χ1n) is 8.13. The molecule has 2 aromatic carbocycles. The quantitative estimate of drug-likeness (QED) is 0.501. The number of hydrogen-bond acceptors (Lipinski definition) is 3. The lowest BCUT2D eigenvalue weighted by atomic mass is 10.1. The van der Waals surface area contributed by atoms with Gasteiger partial charge in [0, 0.05) is 14.9 Å². The van der Waals surface area contributed by atoms with E-state index in [1.807, 2.05) is 79.0 Å². The van der Waals surface area contributed by atoms with Crippen molar-refractivity contribution in [2.24, 2.45) is 4.99 Å². The molecule has 0 bridgehead atoms. The molecule has 0 spiro atoms. The normalized spacial score (nSPS) is 15.6. The average molecular weight is 423 g/mol. The summed E-state index contributed by atoms with van der Waals surface area (Å²) in [7, 11) is 0. The smallest absolute Gasteiger partial charge is 0.266 e. The van der Waals surface area contributed by atoms with Crippen molar-refractivity contribution >= 4 is 50.8 Å². The largest absolute Gasteiger partial charge is 0.282 e. The highest BCUT2D eigenvalue weighted by molar-refractivity contribution is 9.10. The lowest BCUT2D eigenvalue weighted by molar-refractivity contribution is -0.113. The maximum atomic E-state index is 13.1. The van der Waals surface area contributed by atoms with E-state index >= 15 is 0 Å². The summed E-state index contributed by atoms with van der Waals surface area (Å²) < 4.78 is 0.988. The van der Waals surface area contributed by atoms with Gasteiger partial charge in [0.15, 0.2) is 0 Å². The highest BCUT2D eigenvalue weighted by Crippen LogP contribution is 2.29. The van der Waals surface area contributed by atoms with E-state index in [1.165, 1.54) is 0 Å². The number of thiophene rings is 1. The third-order valence-corrected chi connectivity index (χ3v) is 5.43. The number of amidine groups is 1. The van der Waals surface area contributed by atoms with E-state index in [9.17, 15) is 4.79 Å². The highest BCUT2D eigenvalue weighted by atomic mass is 79.9. The summed E-state index contributed by atoms with van der Waals surface area (Å²) >= 11 is 5.04. The van der Waals surface area contributed by atoms with E-state index in [-0.39, 0.29) is 5.91 Å². The van der Waals surface area contributed by atoms with E-state index in [1.54, 1.807) is 16.2 Å². The Bertz CT molecular complexity index is 1000. The van der Waals surface area contributed by atoms with Gasteiger partial charge in [-0.15, -0.1) is 11.3 Å². The van der Waals surface area contributed by atoms with Crippen LogP contribution in [0.1, 0.15) is 16.0 Å². The number of anilines is 1. The second kappa shape index (κ2) is 7.02. The molecule has 0 unspecified atom stereocenters. The minimum absolute atomic E-state index is 0.111. The molecule has 0 fully saturated rings. The Labute approximate surface area is 164 Å². The Morgan fingerprint density at radius 2 is 1.77 bits per heavy atom. The number of aliphatic imine (C=N–C) groups is 1. The third kappa shape index (κ3) is 3.28. The van der Waals surface area contributed by atoms with Crippen molar-refractivity contribution in [2.45, 2.75) is 6.92 Å². The number of carbonyl (C=O) groups is 1. The number of rotatable bonds is 3. The van der Waals surface area contributed by atoms with Crippen molar-refractivity contribution in [3.63, 3.8) is 0 Å². The zero-order valence-electron chi connectivity index (χ0n) is 14.0. The standard InChI is InChI=1S/C21H15BrN2OS/c1-14-4-10-17(11-5-14)24-20(15-6-8-16(22)9-7-15)23-19(21(24)25)13-18-3-2-12-26-18/h2-13H,1H3/b19-13+. The molecule has 3 aromatic rings. The van der Waals surface area contributed by atoms with Crippen LogP contribution in [-0.2, 0) is 4.79 Å². The molecule has 0 radical (unpaired) electrons. The fourth-order valence-corrected chi connectivity index (χ4v) is 3.67. The molecule has 4 rings (SSSR count). The summed E-state index contributed by atoms with van der Waals surface area (Å²) in [4.78, 5) is 20.5. The zero-order valence-corrected chi connectivity index (χ0v) is 16.4. The molecule has 3 nitrogen and oxygen atoms in total. The van der Waals surface area contributed by atoms with E-state index in [2.05, 4.69) is 20.9 Å². The summed E-state index contributed by atoms with van der Waals surface area (Å²) in [5.74, 6) is 0.536. The van der Waals surface area contributed by atoms with Crippen LogP contribution in [0.15, 0.2) is 81.2 Å². The van der Waals surface area contributed by atoms with Gasteiger partial charge in [-0.1, -0.05) is 51.8 Å². The molecule has 0 aliphatic carbocycles. The Morgan fingerprint density at radius 3 is 2.42 bits per heavy atom. The molecule has 0 saturated carbocycles. The van der Waals surface area contributed by atoms with Crippen molar-refractivity contribution in [2.75, 3.05) is 4.90 Å². The summed E-state index contributed by atoms with van der Waals surface area (Å²) in [5.41, 5.74) is 3.32. The van der Waals surface area contributed by atoms with Crippen LogP contribution in [0.3, 0.4) is 0 Å². The van der Waals surface area contributed by atoms with Crippen LogP contribution in [0.25, 0.3) is 6.08 Å². The number of benzene rings is 2. The lowest BCUT2D eigenvalue weighted by Gasteiger charge is -2.18. The van der Waals surface area contributed by atoms with Gasteiger partial charge in [0.05, 0.1) is 5.69 Å². The van der Waals surface area contributed by atoms with Gasteiger partial charge in [-0.3, -0.25) is 9.69 Å². The molecule has 0 N–H and O–H groups in total. The number of amides is 1. The monoisotopic (exact) mass is 422 g/mol. The predicted molar refractivity (Wildman–Crippen MR) is 112 cm³/mol. The number of hydrogen-bond donors (Lipinski definition) is 0. The van der Waals surface area contributed by atoms with Crippen molar-refractivity contribution < 1.29 is 4.79 Å². The van der Waals surface area contributed by atoms with Crippen molar-refractivity contribution in [1.29, 1.82) is 0 Å². The van der Waals surface area contributed by atoms with Crippen LogP contribution in [0.2, 0.25) is 0 Å². The van der Waals surface area contributed by atoms with E-state index in [0.717, 1.165) is 26.2 Å². The molecular formula is C21H15BrN2OS. The number of nitrogens with zero attached hydrogens (tertiary/aromatic N) is 2. The van der Waals surface area contributed by atoms with Gasteiger partial charge in [0.2, 0.25) is 0 Å². The fraction of sp³-hybridized carbons (Fsp3) is 0.0476. The molecule has 128 valence electrons. The van der Waals surface area contributed by atoms with Crippen molar-refractivity contribution in [3.8, 4) is 0 Å². The molecular weight excluding hydrogens is 408 g/mol. The number of carbonyl (C=O) groups excluding carboxylic acids is 1. The van der Waals surface area contributed by atoms with Gasteiger partial charge in [-0.2, -0.15) is 0 Å². The summed E-state index contributed by atoms with van der Waals surface area (Å²) in [5, 5.41) is 1.99. The molecule has 26 heavy (non-hydrogen) atoms. The lowest BCUT2D eigenvalue weighted by Crippen LogP contribution is -2.32. The minimum Gasteiger partial charge on any atom is -0.266 e. The van der Waals surface area contributed by atoms with Crippen LogP contribution in [0.4, 0.5) is 5.69 Å². The maximum absolute atomic E-state index is 13.1. The van der Waals surface area contributed by atoms with Gasteiger partial charge in [0.1, 0.15) is 11.5 Å². The van der Waals surface area contributed by atoms with Crippen LogP contribution in [0, 0.1) is 6.92 Å². The fourth-order valence-electron chi connectivity index (χ4n) is 2.75. The molecule has 1 aromatic heterocycles. The molecule has 1 aliphatic rings. The third-order valence-electron chi connectivity index (χ3n) is 4.08. The molecule has 1 amide bonds. The van der Waals surface area contributed by atoms with Crippen LogP contribution in [-0.4, -0.2) is 11.7 Å². The van der Waals surface area contributed by atoms with Gasteiger partial charge in [-0.25, -0.2) is 4.99 Å². The second-order valence-corrected chi connectivity index (χ2v) is 7.86. The first-order valence-corrected chi connectivity index (χ1v) is 9.80. The van der Waals surface area contributed by atoms with Crippen LogP contribution >= 0.6 is 27.3 Å². The van der Waals surface area contributed by atoms with E-state index in [4.69, 9.17) is 0 Å². The molecule has 0 saturated heterocycles. The predicted octanol–water partition coefficient (Wildman–Crippen LogP) is 5.65. The van der Waals surface area contributed by atoms with E-state index < -0.39 is 0 Å². The molecule has 0 atom stereocenters. The first kappa shape index (κ1) is 16.9. The topological polar surface area (TPSA) is 32.7 Å². The van der Waals surface area contributed by atoms with Gasteiger partial charge < -0.3 is 0 Å². The molecule has 2 heterocycles. The van der Waals surface area contributed by atoms with Crippen molar-refractivity contribution in [1.82, 2.24) is 0 Å². The van der Waals surface area contributed by atoms with Gasteiger partial charge in [-0.05, 0) is 48.7 Å².